The molecule has 0 amide bonds. The molecule has 1 rings (SSSR count). The van der Waals surface area contributed by atoms with Crippen LogP contribution in [0, 0.1) is 0 Å². The normalized spacial score (nSPS) is 11.4. The first-order valence-corrected chi connectivity index (χ1v) is 3.32. The van der Waals surface area contributed by atoms with Gasteiger partial charge in [-0.1, -0.05) is 6.92 Å². The van der Waals surface area contributed by atoms with Crippen LogP contribution in [0.3, 0.4) is 0 Å². The van der Waals surface area contributed by atoms with Crippen LogP contribution in [0.25, 0.3) is 0 Å². The third kappa shape index (κ3) is 3.33. The summed E-state index contributed by atoms with van der Waals surface area (Å²) in [5.74, 6) is -1.62. The van der Waals surface area contributed by atoms with Gasteiger partial charge in [0.2, 0.25) is 0 Å². The molecule has 0 aliphatic carbocycles. The fourth-order valence-corrected chi connectivity index (χ4v) is 0.788. The van der Waals surface area contributed by atoms with Crippen LogP contribution in [0.5, 0.6) is 0 Å². The zero-order chi connectivity index (χ0) is 8.27. The van der Waals surface area contributed by atoms with Crippen molar-refractivity contribution < 1.29 is 61.3 Å². The molecule has 3 nitrogen and oxygen atoms in total. The Hall–Kier alpha value is 0.256. The zero-order valence-corrected chi connectivity index (χ0v) is 10.3. The van der Waals surface area contributed by atoms with Gasteiger partial charge in [-0.05, 0) is 17.7 Å². The summed E-state index contributed by atoms with van der Waals surface area (Å²) in [6.45, 7) is 1.59. The van der Waals surface area contributed by atoms with Gasteiger partial charge in [0.15, 0.2) is 0 Å². The number of carboxylic acid groups (broad SMARTS) is 1. The molecule has 0 saturated heterocycles. The van der Waals surface area contributed by atoms with Crippen molar-refractivity contribution >= 4 is 5.97 Å². The van der Waals surface area contributed by atoms with Crippen LogP contribution in [0.15, 0.2) is 24.5 Å². The molecule has 1 atom stereocenters. The minimum Gasteiger partial charge on any atom is -0.550 e. The Morgan fingerprint density at radius 2 is 2.00 bits per heavy atom. The van der Waals surface area contributed by atoms with Gasteiger partial charge in [0, 0.05) is 24.3 Å². The van der Waals surface area contributed by atoms with E-state index in [1.807, 2.05) is 0 Å². The van der Waals surface area contributed by atoms with Gasteiger partial charge in [-0.3, -0.25) is 4.98 Å². The molecule has 1 unspecified atom stereocenters. The molecule has 0 aliphatic rings. The van der Waals surface area contributed by atoms with Crippen molar-refractivity contribution in [2.45, 2.75) is 12.8 Å². The third-order valence-corrected chi connectivity index (χ3v) is 1.56. The largest absolute Gasteiger partial charge is 1.00 e. The summed E-state index contributed by atoms with van der Waals surface area (Å²) in [6, 6.07) is 3.33. The maximum Gasteiger partial charge on any atom is 1.00 e. The van der Waals surface area contributed by atoms with Gasteiger partial charge in [0.25, 0.3) is 0 Å². The molecule has 0 aliphatic heterocycles. The predicted molar refractivity (Wildman–Crippen MR) is 37.7 cm³/mol. The summed E-state index contributed by atoms with van der Waals surface area (Å²) in [4.78, 5) is 14.1. The van der Waals surface area contributed by atoms with Crippen LogP contribution in [0.1, 0.15) is 18.4 Å². The van der Waals surface area contributed by atoms with E-state index in [1.54, 1.807) is 31.5 Å². The first-order valence-electron chi connectivity index (χ1n) is 3.32. The topological polar surface area (TPSA) is 53.0 Å². The standard InChI is InChI=1S/C8H9NO2.K/c1-6(8(10)11)7-2-4-9-5-3-7;/h2-6H,1H3,(H,10,11);/q;+1/p-1. The maximum atomic E-state index is 10.4. The molecule has 12 heavy (non-hydrogen) atoms. The quantitative estimate of drug-likeness (QED) is 0.464. The van der Waals surface area contributed by atoms with Crippen molar-refractivity contribution in [3.05, 3.63) is 30.1 Å². The van der Waals surface area contributed by atoms with E-state index in [9.17, 15) is 9.90 Å². The van der Waals surface area contributed by atoms with Crippen LogP contribution in [-0.4, -0.2) is 11.0 Å². The molecular formula is C8H8KNO2. The molecule has 0 bridgehead atoms. The van der Waals surface area contributed by atoms with E-state index in [0.29, 0.717) is 0 Å². The third-order valence-electron chi connectivity index (χ3n) is 1.56. The molecule has 0 saturated carbocycles. The predicted octanol–water partition coefficient (Wildman–Crippen LogP) is -3.06. The number of pyridine rings is 1. The van der Waals surface area contributed by atoms with Gasteiger partial charge in [0.1, 0.15) is 0 Å². The monoisotopic (exact) mass is 189 g/mol. The second kappa shape index (κ2) is 5.83. The minimum absolute atomic E-state index is 0. The Morgan fingerprint density at radius 3 is 2.42 bits per heavy atom. The summed E-state index contributed by atoms with van der Waals surface area (Å²) in [5.41, 5.74) is 0.722. The van der Waals surface area contributed by atoms with Gasteiger partial charge in [-0.25, -0.2) is 0 Å². The molecule has 0 aromatic carbocycles. The van der Waals surface area contributed by atoms with Crippen LogP contribution >= 0.6 is 0 Å². The van der Waals surface area contributed by atoms with Crippen molar-refractivity contribution in [2.75, 3.05) is 0 Å². The Bertz CT molecular complexity index is 250. The Balaban J connectivity index is 0.00000121. The summed E-state index contributed by atoms with van der Waals surface area (Å²) in [7, 11) is 0. The molecule has 58 valence electrons. The van der Waals surface area contributed by atoms with E-state index in [0.717, 1.165) is 5.56 Å². The van der Waals surface area contributed by atoms with Crippen molar-refractivity contribution in [1.29, 1.82) is 0 Å². The first kappa shape index (κ1) is 12.3. The molecular weight excluding hydrogens is 181 g/mol. The zero-order valence-electron chi connectivity index (χ0n) is 7.15. The molecule has 1 aromatic rings. The summed E-state index contributed by atoms with van der Waals surface area (Å²) >= 11 is 0. The van der Waals surface area contributed by atoms with Crippen LogP contribution < -0.4 is 56.5 Å². The average Bonchev–Trinajstić information content (AvgIpc) is 2.05. The van der Waals surface area contributed by atoms with Gasteiger partial charge in [0.05, 0.1) is 0 Å². The summed E-state index contributed by atoms with van der Waals surface area (Å²) < 4.78 is 0. The Kier molecular flexibility index (Phi) is 5.95. The van der Waals surface area contributed by atoms with Gasteiger partial charge >= 0.3 is 51.4 Å². The molecule has 1 heterocycles. The van der Waals surface area contributed by atoms with E-state index in [1.165, 1.54) is 0 Å². The average molecular weight is 189 g/mol. The van der Waals surface area contributed by atoms with Crippen LogP contribution in [-0.2, 0) is 4.79 Å². The summed E-state index contributed by atoms with van der Waals surface area (Å²) in [5, 5.41) is 10.4. The van der Waals surface area contributed by atoms with E-state index >= 15 is 0 Å². The van der Waals surface area contributed by atoms with Crippen molar-refractivity contribution in [3.8, 4) is 0 Å². The summed E-state index contributed by atoms with van der Waals surface area (Å²) in [6.07, 6.45) is 3.13. The van der Waals surface area contributed by atoms with E-state index in [-0.39, 0.29) is 51.4 Å². The molecule has 0 fully saturated rings. The van der Waals surface area contributed by atoms with E-state index in [2.05, 4.69) is 4.98 Å². The first-order chi connectivity index (χ1) is 5.22. The molecule has 0 spiro atoms. The molecule has 0 radical (unpaired) electrons. The van der Waals surface area contributed by atoms with Crippen molar-refractivity contribution in [2.24, 2.45) is 0 Å². The number of hydrogen-bond donors (Lipinski definition) is 0. The number of hydrogen-bond acceptors (Lipinski definition) is 3. The SMILES string of the molecule is CC(C(=O)[O-])c1ccncc1.[K+]. The second-order valence-corrected chi connectivity index (χ2v) is 2.32. The Morgan fingerprint density at radius 1 is 1.50 bits per heavy atom. The number of aromatic nitrogens is 1. The number of nitrogens with zero attached hydrogens (tertiary/aromatic N) is 1. The smallest absolute Gasteiger partial charge is 0.550 e. The second-order valence-electron chi connectivity index (χ2n) is 2.32. The fourth-order valence-electron chi connectivity index (χ4n) is 0.788. The number of carboxylic acids is 1. The van der Waals surface area contributed by atoms with Gasteiger partial charge in [-0.15, -0.1) is 0 Å². The minimum atomic E-state index is -1.06. The Labute approximate surface area is 114 Å². The van der Waals surface area contributed by atoms with E-state index < -0.39 is 11.9 Å². The number of aliphatic carboxylic acids is 1. The number of carbonyl (C=O) groups excluding carboxylic acids is 1. The fraction of sp³-hybridized carbons (Fsp3) is 0.250. The maximum absolute atomic E-state index is 10.4. The van der Waals surface area contributed by atoms with E-state index in [4.69, 9.17) is 0 Å². The van der Waals surface area contributed by atoms with Crippen LogP contribution in [0.4, 0.5) is 0 Å². The van der Waals surface area contributed by atoms with Gasteiger partial charge < -0.3 is 9.90 Å². The molecule has 0 N–H and O–H groups in total. The molecule has 4 heteroatoms. The number of rotatable bonds is 2. The van der Waals surface area contributed by atoms with Crippen LogP contribution in [0.2, 0.25) is 0 Å². The molecule has 1 aromatic heterocycles. The van der Waals surface area contributed by atoms with Crippen molar-refractivity contribution in [1.82, 2.24) is 4.98 Å². The van der Waals surface area contributed by atoms with Crippen molar-refractivity contribution in [3.63, 3.8) is 0 Å². The number of carbonyl (C=O) groups is 1. The van der Waals surface area contributed by atoms with Gasteiger partial charge in [-0.2, -0.15) is 0 Å².